The summed E-state index contributed by atoms with van der Waals surface area (Å²) in [5, 5.41) is 22.4. The van der Waals surface area contributed by atoms with Gasteiger partial charge in [-0.15, -0.1) is 0 Å². The summed E-state index contributed by atoms with van der Waals surface area (Å²) in [5.74, 6) is -2.46. The number of carboxylic acids is 1. The van der Waals surface area contributed by atoms with Crippen LogP contribution in [0.2, 0.25) is 0 Å². The summed E-state index contributed by atoms with van der Waals surface area (Å²) in [5.41, 5.74) is 0. The zero-order valence-electron chi connectivity index (χ0n) is 30.9. The topological polar surface area (TPSA) is 142 Å². The Hall–Kier alpha value is -3.72. The van der Waals surface area contributed by atoms with Gasteiger partial charge in [0.15, 0.2) is 0 Å². The van der Waals surface area contributed by atoms with Gasteiger partial charge < -0.3 is 25.6 Å². The molecular weight excluding hydrogens is 632 g/mol. The maximum Gasteiger partial charge on any atom is 0.328 e. The number of esters is 1. The van der Waals surface area contributed by atoms with Crippen LogP contribution in [0.5, 0.6) is 0 Å². The van der Waals surface area contributed by atoms with E-state index in [0.29, 0.717) is 12.8 Å². The van der Waals surface area contributed by atoms with Crippen LogP contribution in [0.15, 0.2) is 72.9 Å². The molecule has 9 nitrogen and oxygen atoms in total. The first kappa shape index (κ1) is 46.3. The molecule has 0 radical (unpaired) electrons. The third-order valence-electron chi connectivity index (χ3n) is 7.72. The van der Waals surface area contributed by atoms with Crippen molar-refractivity contribution in [3.05, 3.63) is 72.9 Å². The van der Waals surface area contributed by atoms with Crippen molar-refractivity contribution in [1.29, 1.82) is 0 Å². The average molecular weight is 699 g/mol. The number of hydrogen-bond donors (Lipinski definition) is 4. The number of hydrogen-bond acceptors (Lipinski definition) is 6. The fourth-order valence-corrected chi connectivity index (χ4v) is 4.83. The van der Waals surface area contributed by atoms with Crippen LogP contribution in [-0.2, 0) is 23.9 Å². The quantitative estimate of drug-likeness (QED) is 0.0314. The van der Waals surface area contributed by atoms with Crippen molar-refractivity contribution in [2.45, 2.75) is 148 Å². The molecule has 0 aromatic heterocycles. The molecule has 0 rings (SSSR count). The van der Waals surface area contributed by atoms with Gasteiger partial charge in [0.2, 0.25) is 11.8 Å². The lowest BCUT2D eigenvalue weighted by atomic mass is 10.0. The fourth-order valence-electron chi connectivity index (χ4n) is 4.83. The van der Waals surface area contributed by atoms with Crippen molar-refractivity contribution >= 4 is 23.8 Å². The van der Waals surface area contributed by atoms with Gasteiger partial charge in [-0.05, 0) is 89.9 Å². The number of aliphatic hydroxyl groups excluding tert-OH is 1. The number of nitrogens with one attached hydrogen (secondary N) is 2. The van der Waals surface area contributed by atoms with Gasteiger partial charge in [-0.1, -0.05) is 106 Å². The van der Waals surface area contributed by atoms with E-state index < -0.39 is 24.5 Å². The Bertz CT molecular complexity index is 1070. The number of aliphatic carboxylic acids is 1. The standard InChI is InChI=1S/C41H66N2O7/c1-3-5-7-8-9-10-11-12-13-14-15-16-17-18-19-20-21-22-23-24-29-33-40(47)50-36(30-26-6-4-2)31-27-25-28-32-38(45)42-34-39(46)43-37(35-44)41(48)49/h5,7,9-10,12-13,15-16,18-19,21-22,36-37,44H,3-4,6,8,11,14,17,20,23-35H2,1-2H3,(H,42,45)(H,43,46)(H,48,49)/b7-5-,10-9-,13-12-,16-15-,19-18-,22-21-. The van der Waals surface area contributed by atoms with Gasteiger partial charge in [-0.3, -0.25) is 14.4 Å². The third kappa shape index (κ3) is 31.5. The van der Waals surface area contributed by atoms with E-state index in [1.807, 2.05) is 0 Å². The van der Waals surface area contributed by atoms with Crippen molar-refractivity contribution in [3.8, 4) is 0 Å². The number of unbranched alkanes of at least 4 members (excludes halogenated alkanes) is 6. The lowest BCUT2D eigenvalue weighted by molar-refractivity contribution is -0.150. The number of carbonyl (C=O) groups is 4. The van der Waals surface area contributed by atoms with E-state index in [1.54, 1.807) is 0 Å². The van der Waals surface area contributed by atoms with Crippen LogP contribution in [-0.4, -0.2) is 59.3 Å². The van der Waals surface area contributed by atoms with Gasteiger partial charge in [0.05, 0.1) is 13.2 Å². The normalized spacial score (nSPS) is 13.3. The molecule has 2 atom stereocenters. The van der Waals surface area contributed by atoms with Crippen molar-refractivity contribution in [2.75, 3.05) is 13.2 Å². The van der Waals surface area contributed by atoms with Crippen molar-refractivity contribution in [3.63, 3.8) is 0 Å². The van der Waals surface area contributed by atoms with Gasteiger partial charge in [0, 0.05) is 12.8 Å². The number of carbonyl (C=O) groups excluding carboxylic acids is 3. The maximum absolute atomic E-state index is 12.5. The smallest absolute Gasteiger partial charge is 0.328 e. The Balaban J connectivity index is 4.07. The molecule has 0 heterocycles. The minimum Gasteiger partial charge on any atom is -0.480 e. The maximum atomic E-state index is 12.5. The minimum atomic E-state index is -1.40. The summed E-state index contributed by atoms with van der Waals surface area (Å²) in [6.45, 7) is 3.21. The number of ether oxygens (including phenoxy) is 1. The summed E-state index contributed by atoms with van der Waals surface area (Å²) >= 11 is 0. The molecule has 0 spiro atoms. The predicted molar refractivity (Wildman–Crippen MR) is 203 cm³/mol. The van der Waals surface area contributed by atoms with E-state index in [0.717, 1.165) is 103 Å². The SMILES string of the molecule is CC/C=C\C/C=C\C/C=C\C/C=C\C/C=C\C/C=C\CCCCC(=O)OC(CCCCC)CCCCCC(=O)NCC(=O)NC(CO)C(=O)O. The predicted octanol–water partition coefficient (Wildman–Crippen LogP) is 8.37. The van der Waals surface area contributed by atoms with Gasteiger partial charge in [-0.25, -0.2) is 4.79 Å². The van der Waals surface area contributed by atoms with E-state index >= 15 is 0 Å². The van der Waals surface area contributed by atoms with Gasteiger partial charge in [0.25, 0.3) is 0 Å². The number of aliphatic hydroxyl groups is 1. The van der Waals surface area contributed by atoms with E-state index in [2.05, 4.69) is 97.4 Å². The molecular formula is C41H66N2O7. The molecule has 0 saturated heterocycles. The van der Waals surface area contributed by atoms with Crippen molar-refractivity contribution in [2.24, 2.45) is 0 Å². The first-order chi connectivity index (χ1) is 24.3. The minimum absolute atomic E-state index is 0.108. The molecule has 0 fully saturated rings. The zero-order valence-corrected chi connectivity index (χ0v) is 30.9. The summed E-state index contributed by atoms with van der Waals surface area (Å²) in [4.78, 5) is 47.2. The first-order valence-electron chi connectivity index (χ1n) is 18.8. The highest BCUT2D eigenvalue weighted by atomic mass is 16.5. The van der Waals surface area contributed by atoms with Crippen LogP contribution in [0.4, 0.5) is 0 Å². The zero-order chi connectivity index (χ0) is 36.9. The fraction of sp³-hybridized carbons (Fsp3) is 0.610. The Morgan fingerprint density at radius 1 is 0.620 bits per heavy atom. The lowest BCUT2D eigenvalue weighted by Gasteiger charge is -2.18. The van der Waals surface area contributed by atoms with Gasteiger partial charge in [-0.2, -0.15) is 0 Å². The lowest BCUT2D eigenvalue weighted by Crippen LogP contribution is -2.47. The highest BCUT2D eigenvalue weighted by Gasteiger charge is 2.19. The largest absolute Gasteiger partial charge is 0.480 e. The summed E-state index contributed by atoms with van der Waals surface area (Å²) < 4.78 is 5.83. The highest BCUT2D eigenvalue weighted by Crippen LogP contribution is 2.16. The monoisotopic (exact) mass is 698 g/mol. The molecule has 4 N–H and O–H groups in total. The molecule has 50 heavy (non-hydrogen) atoms. The van der Waals surface area contributed by atoms with Crippen LogP contribution >= 0.6 is 0 Å². The van der Waals surface area contributed by atoms with Gasteiger partial charge in [0.1, 0.15) is 12.1 Å². The van der Waals surface area contributed by atoms with Crippen LogP contribution in [0.25, 0.3) is 0 Å². The molecule has 282 valence electrons. The van der Waals surface area contributed by atoms with Crippen molar-refractivity contribution in [1.82, 2.24) is 10.6 Å². The molecule has 0 aliphatic heterocycles. The van der Waals surface area contributed by atoms with Crippen molar-refractivity contribution < 1.29 is 34.1 Å². The first-order valence-corrected chi connectivity index (χ1v) is 18.8. The molecule has 0 aromatic carbocycles. The molecule has 0 aliphatic carbocycles. The molecule has 0 saturated carbocycles. The number of allylic oxidation sites excluding steroid dienone is 12. The molecule has 0 bridgehead atoms. The van der Waals surface area contributed by atoms with E-state index in [4.69, 9.17) is 14.9 Å². The van der Waals surface area contributed by atoms with E-state index in [-0.39, 0.29) is 30.9 Å². The Kier molecular flexibility index (Phi) is 32.5. The number of carboxylic acid groups (broad SMARTS) is 1. The van der Waals surface area contributed by atoms with E-state index in [9.17, 15) is 19.2 Å². The molecule has 2 unspecified atom stereocenters. The third-order valence-corrected chi connectivity index (χ3v) is 7.72. The Labute approximate surface area is 302 Å². The number of rotatable bonds is 32. The highest BCUT2D eigenvalue weighted by molar-refractivity contribution is 5.87. The summed E-state index contributed by atoms with van der Waals surface area (Å²) in [6.07, 6.45) is 42.6. The van der Waals surface area contributed by atoms with Gasteiger partial charge >= 0.3 is 11.9 Å². The van der Waals surface area contributed by atoms with Crippen LogP contribution in [0.1, 0.15) is 136 Å². The average Bonchev–Trinajstić information content (AvgIpc) is 3.10. The van der Waals surface area contributed by atoms with Crippen LogP contribution < -0.4 is 10.6 Å². The second kappa shape index (κ2) is 35.1. The number of amides is 2. The Morgan fingerprint density at radius 3 is 1.66 bits per heavy atom. The molecule has 0 aromatic rings. The molecule has 2 amide bonds. The second-order valence-corrected chi connectivity index (χ2v) is 12.3. The summed E-state index contributed by atoms with van der Waals surface area (Å²) in [6, 6.07) is -1.40. The molecule has 0 aliphatic rings. The van der Waals surface area contributed by atoms with Crippen LogP contribution in [0.3, 0.4) is 0 Å². The molecule has 9 heteroatoms. The Morgan fingerprint density at radius 2 is 1.14 bits per heavy atom. The summed E-state index contributed by atoms with van der Waals surface area (Å²) in [7, 11) is 0. The van der Waals surface area contributed by atoms with E-state index in [1.165, 1.54) is 0 Å². The second-order valence-electron chi connectivity index (χ2n) is 12.3. The van der Waals surface area contributed by atoms with Crippen LogP contribution in [0, 0.1) is 0 Å².